The molecular weight excluding hydrogens is 116 g/mol. The third-order valence-corrected chi connectivity index (χ3v) is 1.34. The number of ether oxygens (including phenoxy) is 1. The van der Waals surface area contributed by atoms with Crippen LogP contribution in [0.5, 0.6) is 0 Å². The molecule has 0 bridgehead atoms. The summed E-state index contributed by atoms with van der Waals surface area (Å²) in [4.78, 5) is 0. The highest BCUT2D eigenvalue weighted by Gasteiger charge is 2.16. The minimum absolute atomic E-state index is 0.186. The van der Waals surface area contributed by atoms with Crippen LogP contribution in [0, 0.1) is 0 Å². The zero-order chi connectivity index (χ0) is 7.49. The molecule has 1 N–H and O–H groups in total. The summed E-state index contributed by atoms with van der Waals surface area (Å²) in [6.45, 7) is 7.57. The van der Waals surface area contributed by atoms with Crippen LogP contribution in [0.25, 0.3) is 0 Å². The Hall–Kier alpha value is -0.0800. The van der Waals surface area contributed by atoms with Crippen molar-refractivity contribution in [2.45, 2.75) is 46.0 Å². The number of aliphatic hydroxyl groups is 1. The molecule has 0 amide bonds. The SMILES string of the molecule is CCC(C)(C)OC(C)O. The van der Waals surface area contributed by atoms with Gasteiger partial charge in [-0.3, -0.25) is 0 Å². The third-order valence-electron chi connectivity index (χ3n) is 1.34. The molecule has 0 aromatic rings. The predicted molar refractivity (Wildman–Crippen MR) is 37.1 cm³/mol. The van der Waals surface area contributed by atoms with Gasteiger partial charge in [-0.1, -0.05) is 6.92 Å². The Morgan fingerprint density at radius 1 is 1.56 bits per heavy atom. The van der Waals surface area contributed by atoms with Gasteiger partial charge in [0.05, 0.1) is 5.60 Å². The quantitative estimate of drug-likeness (QED) is 0.590. The van der Waals surface area contributed by atoms with Gasteiger partial charge in [0.25, 0.3) is 0 Å². The molecule has 0 fully saturated rings. The van der Waals surface area contributed by atoms with Crippen LogP contribution in [0.3, 0.4) is 0 Å². The highest BCUT2D eigenvalue weighted by Crippen LogP contribution is 2.14. The summed E-state index contributed by atoms with van der Waals surface area (Å²) < 4.78 is 5.14. The fourth-order valence-electron chi connectivity index (χ4n) is 0.545. The molecule has 0 aliphatic carbocycles. The summed E-state index contributed by atoms with van der Waals surface area (Å²) in [5.74, 6) is 0. The molecule has 0 aromatic heterocycles. The van der Waals surface area contributed by atoms with Crippen molar-refractivity contribution in [3.63, 3.8) is 0 Å². The Bertz CT molecular complexity index is 77.0. The van der Waals surface area contributed by atoms with Crippen molar-refractivity contribution in [2.75, 3.05) is 0 Å². The van der Waals surface area contributed by atoms with Gasteiger partial charge in [0.1, 0.15) is 0 Å². The first-order valence-electron chi connectivity index (χ1n) is 3.34. The summed E-state index contributed by atoms with van der Waals surface area (Å²) >= 11 is 0. The lowest BCUT2D eigenvalue weighted by Gasteiger charge is -2.24. The maximum absolute atomic E-state index is 8.80. The van der Waals surface area contributed by atoms with Gasteiger partial charge in [-0.2, -0.15) is 0 Å². The molecule has 2 nitrogen and oxygen atoms in total. The Morgan fingerprint density at radius 2 is 2.00 bits per heavy atom. The summed E-state index contributed by atoms with van der Waals surface area (Å²) in [7, 11) is 0. The first-order valence-corrected chi connectivity index (χ1v) is 3.34. The third kappa shape index (κ3) is 4.43. The molecule has 9 heavy (non-hydrogen) atoms. The minimum Gasteiger partial charge on any atom is -0.368 e. The van der Waals surface area contributed by atoms with Crippen LogP contribution in [0.15, 0.2) is 0 Å². The van der Waals surface area contributed by atoms with Gasteiger partial charge in [0, 0.05) is 0 Å². The molecule has 0 spiro atoms. The van der Waals surface area contributed by atoms with Crippen molar-refractivity contribution >= 4 is 0 Å². The van der Waals surface area contributed by atoms with E-state index >= 15 is 0 Å². The fourth-order valence-corrected chi connectivity index (χ4v) is 0.545. The normalized spacial score (nSPS) is 15.7. The van der Waals surface area contributed by atoms with Crippen LogP contribution in [0.4, 0.5) is 0 Å². The van der Waals surface area contributed by atoms with Crippen LogP contribution >= 0.6 is 0 Å². The Morgan fingerprint density at radius 3 is 2.11 bits per heavy atom. The number of hydrogen-bond acceptors (Lipinski definition) is 2. The Balaban J connectivity index is 3.58. The van der Waals surface area contributed by atoms with Crippen LogP contribution in [0.2, 0.25) is 0 Å². The zero-order valence-electron chi connectivity index (χ0n) is 6.64. The lowest BCUT2D eigenvalue weighted by atomic mass is 10.1. The Kier molecular flexibility index (Phi) is 3.15. The highest BCUT2D eigenvalue weighted by atomic mass is 16.6. The first-order chi connectivity index (χ1) is 3.98. The second-order valence-electron chi connectivity index (χ2n) is 2.83. The molecule has 0 rings (SSSR count). The van der Waals surface area contributed by atoms with E-state index in [1.54, 1.807) is 6.92 Å². The summed E-state index contributed by atoms with van der Waals surface area (Å²) in [5, 5.41) is 8.80. The number of rotatable bonds is 3. The van der Waals surface area contributed by atoms with E-state index in [2.05, 4.69) is 0 Å². The molecule has 0 saturated carbocycles. The summed E-state index contributed by atoms with van der Waals surface area (Å²) in [6, 6.07) is 0. The van der Waals surface area contributed by atoms with Gasteiger partial charge in [0.2, 0.25) is 0 Å². The van der Waals surface area contributed by atoms with Crippen LogP contribution in [0.1, 0.15) is 34.1 Å². The lowest BCUT2D eigenvalue weighted by Crippen LogP contribution is -2.27. The van der Waals surface area contributed by atoms with Crippen molar-refractivity contribution in [1.29, 1.82) is 0 Å². The average Bonchev–Trinajstić information content (AvgIpc) is 1.63. The Labute approximate surface area is 56.8 Å². The van der Waals surface area contributed by atoms with Gasteiger partial charge in [-0.15, -0.1) is 0 Å². The van der Waals surface area contributed by atoms with Crippen molar-refractivity contribution in [1.82, 2.24) is 0 Å². The molecule has 0 saturated heterocycles. The maximum atomic E-state index is 8.80. The van der Waals surface area contributed by atoms with Gasteiger partial charge in [-0.05, 0) is 27.2 Å². The average molecular weight is 132 g/mol. The number of aliphatic hydroxyl groups excluding tert-OH is 1. The van der Waals surface area contributed by atoms with E-state index in [9.17, 15) is 0 Å². The van der Waals surface area contributed by atoms with E-state index in [-0.39, 0.29) is 5.60 Å². The number of hydrogen-bond donors (Lipinski definition) is 1. The molecule has 0 aliphatic heterocycles. The van der Waals surface area contributed by atoms with Gasteiger partial charge in [0.15, 0.2) is 6.29 Å². The van der Waals surface area contributed by atoms with Crippen LogP contribution in [-0.4, -0.2) is 17.0 Å². The molecule has 0 aliphatic rings. The van der Waals surface area contributed by atoms with E-state index in [4.69, 9.17) is 9.84 Å². The van der Waals surface area contributed by atoms with Crippen LogP contribution in [-0.2, 0) is 4.74 Å². The molecule has 2 heteroatoms. The van der Waals surface area contributed by atoms with Crippen LogP contribution < -0.4 is 0 Å². The van der Waals surface area contributed by atoms with Crippen molar-refractivity contribution < 1.29 is 9.84 Å². The zero-order valence-corrected chi connectivity index (χ0v) is 6.64. The molecular formula is C7H16O2. The lowest BCUT2D eigenvalue weighted by molar-refractivity contribution is -0.162. The van der Waals surface area contributed by atoms with E-state index in [1.165, 1.54) is 0 Å². The van der Waals surface area contributed by atoms with E-state index < -0.39 is 6.29 Å². The summed E-state index contributed by atoms with van der Waals surface area (Å²) in [6.07, 6.45) is 0.262. The molecule has 1 atom stereocenters. The van der Waals surface area contributed by atoms with Crippen molar-refractivity contribution in [3.05, 3.63) is 0 Å². The second-order valence-corrected chi connectivity index (χ2v) is 2.83. The van der Waals surface area contributed by atoms with Gasteiger partial charge < -0.3 is 9.84 Å². The topological polar surface area (TPSA) is 29.5 Å². The van der Waals surface area contributed by atoms with E-state index in [1.807, 2.05) is 20.8 Å². The fraction of sp³-hybridized carbons (Fsp3) is 1.00. The van der Waals surface area contributed by atoms with Crippen molar-refractivity contribution in [2.24, 2.45) is 0 Å². The summed E-state index contributed by atoms with van der Waals surface area (Å²) in [5.41, 5.74) is -0.186. The molecule has 1 unspecified atom stereocenters. The van der Waals surface area contributed by atoms with Gasteiger partial charge in [-0.25, -0.2) is 0 Å². The molecule has 0 heterocycles. The minimum atomic E-state index is -0.653. The van der Waals surface area contributed by atoms with Gasteiger partial charge >= 0.3 is 0 Å². The van der Waals surface area contributed by atoms with E-state index in [0.717, 1.165) is 6.42 Å². The van der Waals surface area contributed by atoms with Crippen molar-refractivity contribution in [3.8, 4) is 0 Å². The van der Waals surface area contributed by atoms with E-state index in [0.29, 0.717) is 0 Å². The highest BCUT2D eigenvalue weighted by molar-refractivity contribution is 4.64. The second kappa shape index (κ2) is 3.18. The largest absolute Gasteiger partial charge is 0.368 e. The predicted octanol–water partition coefficient (Wildman–Crippen LogP) is 1.53. The molecule has 0 radical (unpaired) electrons. The maximum Gasteiger partial charge on any atom is 0.152 e. The monoisotopic (exact) mass is 132 g/mol. The first kappa shape index (κ1) is 8.92. The molecule has 0 aromatic carbocycles. The smallest absolute Gasteiger partial charge is 0.152 e. The standard InChI is InChI=1S/C7H16O2/c1-5-7(3,4)9-6(2)8/h6,8H,5H2,1-4H3. The molecule has 56 valence electrons.